The number of benzene rings is 2. The number of hydrogen-bond donors (Lipinski definition) is 1. The van der Waals surface area contributed by atoms with Crippen LogP contribution in [0.15, 0.2) is 42.5 Å². The fourth-order valence-corrected chi connectivity index (χ4v) is 1.78. The van der Waals surface area contributed by atoms with Gasteiger partial charge in [0.2, 0.25) is 0 Å². The minimum Gasteiger partial charge on any atom is -0.489 e. The summed E-state index contributed by atoms with van der Waals surface area (Å²) in [5, 5.41) is 0. The van der Waals surface area contributed by atoms with Crippen LogP contribution in [0.5, 0.6) is 5.75 Å². The van der Waals surface area contributed by atoms with E-state index in [1.54, 1.807) is 6.07 Å². The molecule has 2 rings (SSSR count). The Bertz CT molecular complexity index is 591. The van der Waals surface area contributed by atoms with Gasteiger partial charge in [0, 0.05) is 5.69 Å². The van der Waals surface area contributed by atoms with Gasteiger partial charge >= 0.3 is 6.18 Å². The summed E-state index contributed by atoms with van der Waals surface area (Å²) in [6.07, 6.45) is -4.33. The lowest BCUT2D eigenvalue weighted by Gasteiger charge is -2.11. The molecule has 0 radical (unpaired) electrons. The van der Waals surface area contributed by atoms with Crippen molar-refractivity contribution in [2.45, 2.75) is 19.7 Å². The first-order valence-corrected chi connectivity index (χ1v) is 6.01. The number of hydrogen-bond acceptors (Lipinski definition) is 2. The van der Waals surface area contributed by atoms with E-state index in [1.165, 1.54) is 12.1 Å². The molecule has 2 nitrogen and oxygen atoms in total. The van der Waals surface area contributed by atoms with Gasteiger partial charge in [-0.25, -0.2) is 0 Å². The van der Waals surface area contributed by atoms with Crippen molar-refractivity contribution in [2.24, 2.45) is 0 Å². The molecule has 0 aliphatic heterocycles. The zero-order chi connectivity index (χ0) is 14.8. The molecule has 0 heterocycles. The zero-order valence-corrected chi connectivity index (χ0v) is 10.9. The molecule has 0 unspecified atom stereocenters. The highest BCUT2D eigenvalue weighted by Gasteiger charge is 2.29. The van der Waals surface area contributed by atoms with Crippen LogP contribution in [-0.2, 0) is 12.8 Å². The van der Waals surface area contributed by atoms with Crippen molar-refractivity contribution >= 4 is 5.69 Å². The van der Waals surface area contributed by atoms with E-state index in [4.69, 9.17) is 10.5 Å². The van der Waals surface area contributed by atoms with Crippen molar-refractivity contribution < 1.29 is 17.9 Å². The number of alkyl halides is 3. The van der Waals surface area contributed by atoms with Crippen LogP contribution in [0.1, 0.15) is 16.7 Å². The fraction of sp³-hybridized carbons (Fsp3) is 0.200. The van der Waals surface area contributed by atoms with Crippen molar-refractivity contribution in [1.29, 1.82) is 0 Å². The summed E-state index contributed by atoms with van der Waals surface area (Å²) in [7, 11) is 0. The monoisotopic (exact) mass is 281 g/mol. The molecule has 20 heavy (non-hydrogen) atoms. The molecule has 0 amide bonds. The van der Waals surface area contributed by atoms with Crippen LogP contribution in [0.25, 0.3) is 0 Å². The van der Waals surface area contributed by atoms with Gasteiger partial charge in [0.05, 0.1) is 5.56 Å². The van der Waals surface area contributed by atoms with Crippen LogP contribution in [0, 0.1) is 6.92 Å². The second-order valence-corrected chi connectivity index (χ2v) is 4.50. The van der Waals surface area contributed by atoms with Crippen LogP contribution in [0.2, 0.25) is 0 Å². The van der Waals surface area contributed by atoms with E-state index in [0.717, 1.165) is 23.3 Å². The topological polar surface area (TPSA) is 35.2 Å². The maximum Gasteiger partial charge on any atom is 0.416 e. The molecule has 0 aromatic heterocycles. The lowest BCUT2D eigenvalue weighted by Crippen LogP contribution is -2.04. The van der Waals surface area contributed by atoms with Crippen LogP contribution < -0.4 is 10.5 Å². The maximum absolute atomic E-state index is 12.4. The number of rotatable bonds is 3. The lowest BCUT2D eigenvalue weighted by atomic mass is 10.1. The molecule has 2 aromatic rings. The van der Waals surface area contributed by atoms with E-state index in [2.05, 4.69) is 0 Å². The number of nitrogen functional groups attached to an aromatic ring is 1. The van der Waals surface area contributed by atoms with Crippen molar-refractivity contribution in [3.8, 4) is 5.75 Å². The van der Waals surface area contributed by atoms with Gasteiger partial charge in [0.25, 0.3) is 0 Å². The third-order valence-corrected chi connectivity index (χ3v) is 2.94. The van der Waals surface area contributed by atoms with Crippen LogP contribution >= 0.6 is 0 Å². The van der Waals surface area contributed by atoms with E-state index in [9.17, 15) is 13.2 Å². The SMILES string of the molecule is Cc1cc(N)ccc1COc1ccc(C(F)(F)F)cc1. The summed E-state index contributed by atoms with van der Waals surface area (Å²) in [5.41, 5.74) is 7.55. The minimum atomic E-state index is -4.33. The van der Waals surface area contributed by atoms with Crippen LogP contribution in [0.4, 0.5) is 18.9 Å². The summed E-state index contributed by atoms with van der Waals surface area (Å²) < 4.78 is 42.7. The molecule has 2 N–H and O–H groups in total. The highest BCUT2D eigenvalue weighted by molar-refractivity contribution is 5.44. The van der Waals surface area contributed by atoms with Crippen LogP contribution in [0.3, 0.4) is 0 Å². The standard InChI is InChI=1S/C15H14F3NO/c1-10-8-13(19)5-2-11(10)9-20-14-6-3-12(4-7-14)15(16,17)18/h2-8H,9,19H2,1H3. The van der Waals surface area contributed by atoms with Crippen molar-refractivity contribution in [3.05, 3.63) is 59.2 Å². The Morgan fingerprint density at radius 2 is 1.70 bits per heavy atom. The van der Waals surface area contributed by atoms with Crippen molar-refractivity contribution in [1.82, 2.24) is 0 Å². The molecule has 0 bridgehead atoms. The van der Waals surface area contributed by atoms with Gasteiger partial charge in [-0.3, -0.25) is 0 Å². The molecule has 0 fully saturated rings. The van der Waals surface area contributed by atoms with Crippen LogP contribution in [-0.4, -0.2) is 0 Å². The fourth-order valence-electron chi connectivity index (χ4n) is 1.78. The van der Waals surface area contributed by atoms with Crippen molar-refractivity contribution in [2.75, 3.05) is 5.73 Å². The first kappa shape index (κ1) is 14.2. The van der Waals surface area contributed by atoms with Gasteiger partial charge in [-0.15, -0.1) is 0 Å². The largest absolute Gasteiger partial charge is 0.489 e. The first-order chi connectivity index (χ1) is 9.36. The predicted molar refractivity (Wildman–Crippen MR) is 71.4 cm³/mol. The second-order valence-electron chi connectivity index (χ2n) is 4.50. The molecule has 0 saturated carbocycles. The van der Waals surface area contributed by atoms with Gasteiger partial charge in [-0.05, 0) is 54.4 Å². The Labute approximate surface area is 115 Å². The number of halogens is 3. The molecule has 0 saturated heterocycles. The Morgan fingerprint density at radius 3 is 2.25 bits per heavy atom. The molecule has 2 aromatic carbocycles. The average molecular weight is 281 g/mol. The van der Waals surface area contributed by atoms with Gasteiger partial charge in [0.1, 0.15) is 12.4 Å². The van der Waals surface area contributed by atoms with E-state index in [-0.39, 0.29) is 6.61 Å². The van der Waals surface area contributed by atoms with E-state index in [0.29, 0.717) is 11.4 Å². The minimum absolute atomic E-state index is 0.289. The Hall–Kier alpha value is -2.17. The van der Waals surface area contributed by atoms with E-state index in [1.807, 2.05) is 19.1 Å². The van der Waals surface area contributed by atoms with E-state index < -0.39 is 11.7 Å². The molecular weight excluding hydrogens is 267 g/mol. The average Bonchev–Trinajstić information content (AvgIpc) is 2.37. The maximum atomic E-state index is 12.4. The Morgan fingerprint density at radius 1 is 1.05 bits per heavy atom. The highest BCUT2D eigenvalue weighted by atomic mass is 19.4. The van der Waals surface area contributed by atoms with Gasteiger partial charge < -0.3 is 10.5 Å². The van der Waals surface area contributed by atoms with Gasteiger partial charge in [-0.2, -0.15) is 13.2 Å². The summed E-state index contributed by atoms with van der Waals surface area (Å²) >= 11 is 0. The number of nitrogens with two attached hydrogens (primary N) is 1. The second kappa shape index (κ2) is 5.45. The molecule has 0 aliphatic rings. The molecule has 0 aliphatic carbocycles. The van der Waals surface area contributed by atoms with Gasteiger partial charge in [-0.1, -0.05) is 6.07 Å². The lowest BCUT2D eigenvalue weighted by molar-refractivity contribution is -0.137. The Kier molecular flexibility index (Phi) is 3.88. The summed E-state index contributed by atoms with van der Waals surface area (Å²) in [6, 6.07) is 10.1. The number of anilines is 1. The highest BCUT2D eigenvalue weighted by Crippen LogP contribution is 2.30. The molecule has 0 atom stereocenters. The predicted octanol–water partition coefficient (Wildman–Crippen LogP) is 4.18. The number of ether oxygens (including phenoxy) is 1. The number of aryl methyl sites for hydroxylation is 1. The van der Waals surface area contributed by atoms with Crippen molar-refractivity contribution in [3.63, 3.8) is 0 Å². The summed E-state index contributed by atoms with van der Waals surface area (Å²) in [6.45, 7) is 2.19. The third kappa shape index (κ3) is 3.44. The normalized spacial score (nSPS) is 11.4. The Balaban J connectivity index is 2.04. The summed E-state index contributed by atoms with van der Waals surface area (Å²) in [5.74, 6) is 0.397. The molecular formula is C15H14F3NO. The van der Waals surface area contributed by atoms with Gasteiger partial charge in [0.15, 0.2) is 0 Å². The molecule has 5 heteroatoms. The summed E-state index contributed by atoms with van der Waals surface area (Å²) in [4.78, 5) is 0. The first-order valence-electron chi connectivity index (χ1n) is 6.01. The molecule has 0 spiro atoms. The zero-order valence-electron chi connectivity index (χ0n) is 10.9. The smallest absolute Gasteiger partial charge is 0.416 e. The molecule has 106 valence electrons. The quantitative estimate of drug-likeness (QED) is 0.857. The van der Waals surface area contributed by atoms with E-state index >= 15 is 0 Å². The third-order valence-electron chi connectivity index (χ3n) is 2.94.